The lowest BCUT2D eigenvalue weighted by Gasteiger charge is -2.22. The predicted octanol–water partition coefficient (Wildman–Crippen LogP) is 4.23. The fourth-order valence-electron chi connectivity index (χ4n) is 3.55. The minimum atomic E-state index is -0.526. The lowest BCUT2D eigenvalue weighted by atomic mass is 10.1. The van der Waals surface area contributed by atoms with E-state index in [0.717, 1.165) is 35.8 Å². The molecular weight excluding hydrogens is 407 g/mol. The first-order valence-corrected chi connectivity index (χ1v) is 10.1. The Hall–Kier alpha value is -3.06. The van der Waals surface area contributed by atoms with Crippen LogP contribution in [-0.4, -0.2) is 54.3 Å². The minimum absolute atomic E-state index is 0.0418. The smallest absolute Gasteiger partial charge is 0.253 e. The molecule has 4 rings (SSSR count). The zero-order valence-electron chi connectivity index (χ0n) is 16.6. The zero-order valence-corrected chi connectivity index (χ0v) is 17.3. The number of aromatic amines is 1. The lowest BCUT2D eigenvalue weighted by Crippen LogP contribution is -2.35. The highest BCUT2D eigenvalue weighted by atomic mass is 35.5. The molecule has 1 fully saturated rings. The second-order valence-corrected chi connectivity index (χ2v) is 7.54. The van der Waals surface area contributed by atoms with Crippen LogP contribution in [0.4, 0.5) is 10.2 Å². The van der Waals surface area contributed by atoms with Crippen LogP contribution in [-0.2, 0) is 0 Å². The van der Waals surface area contributed by atoms with Crippen molar-refractivity contribution in [1.82, 2.24) is 15.1 Å². The van der Waals surface area contributed by atoms with E-state index in [4.69, 9.17) is 16.3 Å². The van der Waals surface area contributed by atoms with Crippen molar-refractivity contribution in [3.05, 3.63) is 64.9 Å². The van der Waals surface area contributed by atoms with Gasteiger partial charge in [-0.15, -0.1) is 0 Å². The van der Waals surface area contributed by atoms with E-state index in [1.54, 1.807) is 12.0 Å². The van der Waals surface area contributed by atoms with Crippen molar-refractivity contribution in [2.24, 2.45) is 0 Å². The first-order valence-electron chi connectivity index (χ1n) is 9.74. The zero-order chi connectivity index (χ0) is 21.1. The van der Waals surface area contributed by atoms with Gasteiger partial charge in [0.2, 0.25) is 0 Å². The van der Waals surface area contributed by atoms with Gasteiger partial charge in [-0.3, -0.25) is 9.89 Å². The Morgan fingerprint density at radius 3 is 2.63 bits per heavy atom. The maximum absolute atomic E-state index is 13.4. The predicted molar refractivity (Wildman–Crippen MR) is 115 cm³/mol. The molecule has 2 heterocycles. The van der Waals surface area contributed by atoms with E-state index in [1.807, 2.05) is 30.3 Å². The number of carbonyl (C=O) groups excluding carboxylic acids is 1. The van der Waals surface area contributed by atoms with E-state index < -0.39 is 5.82 Å². The number of rotatable bonds is 4. The number of carbonyl (C=O) groups is 1. The highest BCUT2D eigenvalue weighted by Gasteiger charge is 2.22. The maximum atomic E-state index is 13.4. The Morgan fingerprint density at radius 1 is 1.10 bits per heavy atom. The minimum Gasteiger partial charge on any atom is -0.497 e. The molecule has 1 aliphatic rings. The normalized spacial score (nSPS) is 14.5. The standard InChI is InChI=1S/C22H22ClFN4O2/c1-30-17-6-3-15(4-7-17)20-14-21(26-25-20)27-9-2-10-28(12-11-27)22(29)16-5-8-19(24)18(23)13-16/h3-8,13-14H,2,9-12H2,1H3,(H,25,26). The Bertz CT molecular complexity index is 1040. The summed E-state index contributed by atoms with van der Waals surface area (Å²) in [7, 11) is 1.64. The monoisotopic (exact) mass is 428 g/mol. The average Bonchev–Trinajstić information content (AvgIpc) is 3.13. The van der Waals surface area contributed by atoms with Crippen LogP contribution in [0.1, 0.15) is 16.8 Å². The molecular formula is C22H22ClFN4O2. The molecule has 1 saturated heterocycles. The number of methoxy groups -OCH3 is 1. The molecule has 1 aliphatic heterocycles. The molecule has 0 unspecified atom stereocenters. The number of amides is 1. The summed E-state index contributed by atoms with van der Waals surface area (Å²) in [4.78, 5) is 16.7. The van der Waals surface area contributed by atoms with Gasteiger partial charge in [0.1, 0.15) is 11.6 Å². The molecule has 3 aromatic rings. The summed E-state index contributed by atoms with van der Waals surface area (Å²) >= 11 is 5.83. The SMILES string of the molecule is COc1ccc(-c2cc(N3CCCN(C(=O)c4ccc(F)c(Cl)c4)CC3)n[nH]2)cc1. The van der Waals surface area contributed by atoms with E-state index in [-0.39, 0.29) is 10.9 Å². The summed E-state index contributed by atoms with van der Waals surface area (Å²) < 4.78 is 18.6. The Morgan fingerprint density at radius 2 is 1.90 bits per heavy atom. The van der Waals surface area contributed by atoms with E-state index >= 15 is 0 Å². The van der Waals surface area contributed by atoms with Gasteiger partial charge >= 0.3 is 0 Å². The number of nitrogens with one attached hydrogen (secondary N) is 1. The summed E-state index contributed by atoms with van der Waals surface area (Å²) in [5.74, 6) is 0.985. The molecule has 156 valence electrons. The second kappa shape index (κ2) is 8.75. The number of hydrogen-bond donors (Lipinski definition) is 1. The van der Waals surface area contributed by atoms with Crippen molar-refractivity contribution >= 4 is 23.3 Å². The van der Waals surface area contributed by atoms with Gasteiger partial charge in [-0.05, 0) is 54.4 Å². The number of H-pyrrole nitrogens is 1. The number of aromatic nitrogens is 2. The lowest BCUT2D eigenvalue weighted by molar-refractivity contribution is 0.0767. The molecule has 1 N–H and O–H groups in total. The summed E-state index contributed by atoms with van der Waals surface area (Å²) in [6.07, 6.45) is 0.811. The van der Waals surface area contributed by atoms with Crippen LogP contribution in [0.2, 0.25) is 5.02 Å². The summed E-state index contributed by atoms with van der Waals surface area (Å²) in [6.45, 7) is 2.63. The molecule has 30 heavy (non-hydrogen) atoms. The molecule has 1 amide bonds. The molecule has 1 aromatic heterocycles. The topological polar surface area (TPSA) is 61.5 Å². The van der Waals surface area contributed by atoms with Crippen LogP contribution in [0.25, 0.3) is 11.3 Å². The third-order valence-electron chi connectivity index (χ3n) is 5.24. The molecule has 6 nitrogen and oxygen atoms in total. The Labute approximate surface area is 179 Å². The molecule has 0 atom stereocenters. The Kier molecular flexibility index (Phi) is 5.90. The molecule has 0 radical (unpaired) electrons. The van der Waals surface area contributed by atoms with Crippen LogP contribution >= 0.6 is 11.6 Å². The Balaban J connectivity index is 1.43. The molecule has 2 aromatic carbocycles. The van der Waals surface area contributed by atoms with Gasteiger partial charge in [-0.2, -0.15) is 5.10 Å². The van der Waals surface area contributed by atoms with Crippen LogP contribution in [0.3, 0.4) is 0 Å². The molecule has 0 saturated carbocycles. The summed E-state index contributed by atoms with van der Waals surface area (Å²) in [5.41, 5.74) is 2.34. The van der Waals surface area contributed by atoms with Gasteiger partial charge in [0.15, 0.2) is 5.82 Å². The number of halogens is 2. The van der Waals surface area contributed by atoms with Gasteiger partial charge in [0.25, 0.3) is 5.91 Å². The number of ether oxygens (including phenoxy) is 1. The van der Waals surface area contributed by atoms with E-state index in [1.165, 1.54) is 18.2 Å². The van der Waals surface area contributed by atoms with Gasteiger partial charge in [0.05, 0.1) is 17.8 Å². The molecule has 0 aliphatic carbocycles. The highest BCUT2D eigenvalue weighted by Crippen LogP contribution is 2.25. The maximum Gasteiger partial charge on any atom is 0.253 e. The van der Waals surface area contributed by atoms with Crippen molar-refractivity contribution in [3.8, 4) is 17.0 Å². The summed E-state index contributed by atoms with van der Waals surface area (Å²) in [6, 6.07) is 13.9. The average molecular weight is 429 g/mol. The second-order valence-electron chi connectivity index (χ2n) is 7.13. The third kappa shape index (κ3) is 4.26. The van der Waals surface area contributed by atoms with Gasteiger partial charge in [-0.25, -0.2) is 4.39 Å². The number of anilines is 1. The number of hydrogen-bond acceptors (Lipinski definition) is 4. The largest absolute Gasteiger partial charge is 0.497 e. The van der Waals surface area contributed by atoms with Crippen molar-refractivity contribution in [1.29, 1.82) is 0 Å². The van der Waals surface area contributed by atoms with Crippen LogP contribution < -0.4 is 9.64 Å². The van der Waals surface area contributed by atoms with Crippen molar-refractivity contribution in [2.45, 2.75) is 6.42 Å². The van der Waals surface area contributed by atoms with Crippen molar-refractivity contribution < 1.29 is 13.9 Å². The fourth-order valence-corrected chi connectivity index (χ4v) is 3.73. The first-order chi connectivity index (χ1) is 14.5. The van der Waals surface area contributed by atoms with Crippen LogP contribution in [0.15, 0.2) is 48.5 Å². The quantitative estimate of drug-likeness (QED) is 0.675. The highest BCUT2D eigenvalue weighted by molar-refractivity contribution is 6.31. The van der Waals surface area contributed by atoms with Gasteiger partial charge < -0.3 is 14.5 Å². The fraction of sp³-hybridized carbons (Fsp3) is 0.273. The molecule has 0 spiro atoms. The van der Waals surface area contributed by atoms with E-state index in [9.17, 15) is 9.18 Å². The van der Waals surface area contributed by atoms with E-state index in [0.29, 0.717) is 25.2 Å². The molecule has 0 bridgehead atoms. The number of benzene rings is 2. The van der Waals surface area contributed by atoms with Crippen molar-refractivity contribution in [3.63, 3.8) is 0 Å². The van der Waals surface area contributed by atoms with Gasteiger partial charge in [0, 0.05) is 37.8 Å². The van der Waals surface area contributed by atoms with E-state index in [2.05, 4.69) is 15.1 Å². The molecule has 8 heteroatoms. The van der Waals surface area contributed by atoms with Crippen LogP contribution in [0, 0.1) is 5.82 Å². The van der Waals surface area contributed by atoms with Crippen LogP contribution in [0.5, 0.6) is 5.75 Å². The third-order valence-corrected chi connectivity index (χ3v) is 5.53. The van der Waals surface area contributed by atoms with Gasteiger partial charge in [-0.1, -0.05) is 11.6 Å². The van der Waals surface area contributed by atoms with Crippen molar-refractivity contribution in [2.75, 3.05) is 38.2 Å². The first kappa shape index (κ1) is 20.2. The summed E-state index contributed by atoms with van der Waals surface area (Å²) in [5, 5.41) is 7.50. The number of nitrogens with zero attached hydrogens (tertiary/aromatic N) is 3.